The van der Waals surface area contributed by atoms with Gasteiger partial charge in [0.1, 0.15) is 11.4 Å². The fourth-order valence-corrected chi connectivity index (χ4v) is 0.972. The molecule has 0 radical (unpaired) electrons. The van der Waals surface area contributed by atoms with Crippen LogP contribution in [0, 0.1) is 5.82 Å². The monoisotopic (exact) mass is 209 g/mol. The van der Waals surface area contributed by atoms with Crippen LogP contribution in [0.3, 0.4) is 0 Å². The number of ether oxygens (including phenoxy) is 1. The SMILES string of the molecule is COc1ccc(C(F)(F)F)c(F)c1N. The number of halogens is 4. The van der Waals surface area contributed by atoms with E-state index in [2.05, 4.69) is 4.74 Å². The molecule has 0 unspecified atom stereocenters. The molecule has 0 atom stereocenters. The minimum Gasteiger partial charge on any atom is -0.494 e. The number of nitrogens with two attached hydrogens (primary N) is 1. The van der Waals surface area contributed by atoms with Crippen LogP contribution in [0.25, 0.3) is 0 Å². The molecule has 0 amide bonds. The Balaban J connectivity index is 3.31. The van der Waals surface area contributed by atoms with Crippen molar-refractivity contribution in [2.24, 2.45) is 0 Å². The summed E-state index contributed by atoms with van der Waals surface area (Å²) in [4.78, 5) is 0. The Morgan fingerprint density at radius 3 is 2.29 bits per heavy atom. The van der Waals surface area contributed by atoms with Gasteiger partial charge in [-0.25, -0.2) is 4.39 Å². The molecule has 78 valence electrons. The van der Waals surface area contributed by atoms with Crippen LogP contribution in [0.2, 0.25) is 0 Å². The van der Waals surface area contributed by atoms with E-state index in [0.717, 1.165) is 6.07 Å². The van der Waals surface area contributed by atoms with Crippen LogP contribution in [0.5, 0.6) is 5.75 Å². The minimum atomic E-state index is -4.75. The molecule has 0 bridgehead atoms. The summed E-state index contributed by atoms with van der Waals surface area (Å²) in [5.41, 5.74) is 3.06. The van der Waals surface area contributed by atoms with Crippen molar-refractivity contribution in [1.82, 2.24) is 0 Å². The highest BCUT2D eigenvalue weighted by Crippen LogP contribution is 2.36. The highest BCUT2D eigenvalue weighted by atomic mass is 19.4. The number of alkyl halides is 3. The van der Waals surface area contributed by atoms with Crippen molar-refractivity contribution < 1.29 is 22.3 Å². The summed E-state index contributed by atoms with van der Waals surface area (Å²) in [7, 11) is 1.19. The van der Waals surface area contributed by atoms with Crippen LogP contribution in [-0.4, -0.2) is 7.11 Å². The molecule has 2 nitrogen and oxygen atoms in total. The van der Waals surface area contributed by atoms with E-state index in [1.54, 1.807) is 0 Å². The molecule has 14 heavy (non-hydrogen) atoms. The van der Waals surface area contributed by atoms with Crippen molar-refractivity contribution in [3.8, 4) is 5.75 Å². The second kappa shape index (κ2) is 3.36. The van der Waals surface area contributed by atoms with Gasteiger partial charge < -0.3 is 10.5 Å². The van der Waals surface area contributed by atoms with Gasteiger partial charge in [-0.1, -0.05) is 0 Å². The molecule has 0 heterocycles. The van der Waals surface area contributed by atoms with E-state index in [0.29, 0.717) is 6.07 Å². The van der Waals surface area contributed by atoms with Crippen molar-refractivity contribution in [3.63, 3.8) is 0 Å². The molecule has 0 saturated carbocycles. The smallest absolute Gasteiger partial charge is 0.419 e. The number of hydrogen-bond donors (Lipinski definition) is 1. The summed E-state index contributed by atoms with van der Waals surface area (Å²) < 4.78 is 54.0. The van der Waals surface area contributed by atoms with Gasteiger partial charge in [-0.15, -0.1) is 0 Å². The second-order valence-corrected chi connectivity index (χ2v) is 2.54. The number of benzene rings is 1. The molecule has 0 spiro atoms. The third-order valence-corrected chi connectivity index (χ3v) is 1.67. The number of hydrogen-bond acceptors (Lipinski definition) is 2. The molecule has 2 N–H and O–H groups in total. The highest BCUT2D eigenvalue weighted by Gasteiger charge is 2.35. The predicted molar refractivity (Wildman–Crippen MR) is 42.4 cm³/mol. The van der Waals surface area contributed by atoms with Gasteiger partial charge in [0, 0.05) is 0 Å². The van der Waals surface area contributed by atoms with Crippen LogP contribution in [0.4, 0.5) is 23.2 Å². The van der Waals surface area contributed by atoms with Gasteiger partial charge in [-0.2, -0.15) is 13.2 Å². The first-order chi connectivity index (χ1) is 6.38. The topological polar surface area (TPSA) is 35.2 Å². The van der Waals surface area contributed by atoms with Gasteiger partial charge in [0.15, 0.2) is 5.82 Å². The van der Waals surface area contributed by atoms with Crippen molar-refractivity contribution in [3.05, 3.63) is 23.5 Å². The maximum absolute atomic E-state index is 13.0. The molecule has 0 aromatic heterocycles. The molecule has 0 aliphatic carbocycles. The Labute approximate surface area is 77.3 Å². The average molecular weight is 209 g/mol. The lowest BCUT2D eigenvalue weighted by Crippen LogP contribution is -2.10. The fraction of sp³-hybridized carbons (Fsp3) is 0.250. The van der Waals surface area contributed by atoms with E-state index in [1.807, 2.05) is 0 Å². The molecule has 6 heteroatoms. The maximum atomic E-state index is 13.0. The molecule has 1 aromatic rings. The Hall–Kier alpha value is -1.46. The summed E-state index contributed by atoms with van der Waals surface area (Å²) in [5.74, 6) is -1.62. The van der Waals surface area contributed by atoms with Crippen molar-refractivity contribution >= 4 is 5.69 Å². The zero-order valence-electron chi connectivity index (χ0n) is 7.15. The lowest BCUT2D eigenvalue weighted by molar-refractivity contribution is -0.139. The Kier molecular flexibility index (Phi) is 2.55. The Bertz CT molecular complexity index is 348. The fourth-order valence-electron chi connectivity index (χ4n) is 0.972. The van der Waals surface area contributed by atoms with Crippen molar-refractivity contribution in [2.75, 3.05) is 12.8 Å². The van der Waals surface area contributed by atoms with Crippen molar-refractivity contribution in [1.29, 1.82) is 0 Å². The van der Waals surface area contributed by atoms with Gasteiger partial charge in [-0.05, 0) is 12.1 Å². The average Bonchev–Trinajstić information content (AvgIpc) is 2.07. The number of anilines is 1. The first kappa shape index (κ1) is 10.6. The van der Waals surface area contributed by atoms with Gasteiger partial charge in [0.05, 0.1) is 12.7 Å². The van der Waals surface area contributed by atoms with Crippen LogP contribution >= 0.6 is 0 Å². The molecular weight excluding hydrogens is 202 g/mol. The van der Waals surface area contributed by atoms with E-state index >= 15 is 0 Å². The first-order valence-corrected chi connectivity index (χ1v) is 3.57. The van der Waals surface area contributed by atoms with Crippen LogP contribution in [0.15, 0.2) is 12.1 Å². The molecule has 1 rings (SSSR count). The van der Waals surface area contributed by atoms with E-state index in [1.165, 1.54) is 7.11 Å². The quantitative estimate of drug-likeness (QED) is 0.569. The minimum absolute atomic E-state index is 0.115. The molecular formula is C8H7F4NO. The number of rotatable bonds is 1. The van der Waals surface area contributed by atoms with Crippen LogP contribution in [-0.2, 0) is 6.18 Å². The third-order valence-electron chi connectivity index (χ3n) is 1.67. The third kappa shape index (κ3) is 1.73. The first-order valence-electron chi connectivity index (χ1n) is 3.57. The normalized spacial score (nSPS) is 11.5. The Morgan fingerprint density at radius 1 is 1.29 bits per heavy atom. The molecule has 0 saturated heterocycles. The second-order valence-electron chi connectivity index (χ2n) is 2.54. The maximum Gasteiger partial charge on any atom is 0.419 e. The predicted octanol–water partition coefficient (Wildman–Crippen LogP) is 2.44. The summed E-state index contributed by atoms with van der Waals surface area (Å²) in [6.45, 7) is 0. The van der Waals surface area contributed by atoms with Gasteiger partial charge in [0.2, 0.25) is 0 Å². The molecule has 0 fully saturated rings. The zero-order valence-corrected chi connectivity index (χ0v) is 7.15. The van der Waals surface area contributed by atoms with E-state index < -0.39 is 23.2 Å². The van der Waals surface area contributed by atoms with E-state index in [-0.39, 0.29) is 5.75 Å². The standard InChI is InChI=1S/C8H7F4NO/c1-14-5-3-2-4(8(10,11)12)6(9)7(5)13/h2-3H,13H2,1H3. The molecule has 0 aliphatic rings. The van der Waals surface area contributed by atoms with Crippen LogP contribution < -0.4 is 10.5 Å². The van der Waals surface area contributed by atoms with Crippen molar-refractivity contribution in [2.45, 2.75) is 6.18 Å². The highest BCUT2D eigenvalue weighted by molar-refractivity contribution is 5.56. The lowest BCUT2D eigenvalue weighted by Gasteiger charge is -2.11. The van der Waals surface area contributed by atoms with Gasteiger partial charge in [0.25, 0.3) is 0 Å². The summed E-state index contributed by atoms with van der Waals surface area (Å²) in [5, 5.41) is 0. The number of nitrogen functional groups attached to an aromatic ring is 1. The summed E-state index contributed by atoms with van der Waals surface area (Å²) in [6.07, 6.45) is -4.75. The largest absolute Gasteiger partial charge is 0.494 e. The summed E-state index contributed by atoms with van der Waals surface area (Å²) in [6, 6.07) is 1.56. The lowest BCUT2D eigenvalue weighted by atomic mass is 10.1. The summed E-state index contributed by atoms with van der Waals surface area (Å²) >= 11 is 0. The zero-order chi connectivity index (χ0) is 10.9. The van der Waals surface area contributed by atoms with E-state index in [4.69, 9.17) is 5.73 Å². The van der Waals surface area contributed by atoms with Crippen LogP contribution in [0.1, 0.15) is 5.56 Å². The Morgan fingerprint density at radius 2 is 1.86 bits per heavy atom. The number of methoxy groups -OCH3 is 1. The van der Waals surface area contributed by atoms with E-state index in [9.17, 15) is 17.6 Å². The van der Waals surface area contributed by atoms with Gasteiger partial charge in [-0.3, -0.25) is 0 Å². The van der Waals surface area contributed by atoms with Gasteiger partial charge >= 0.3 is 6.18 Å². The molecule has 0 aliphatic heterocycles. The molecule has 1 aromatic carbocycles.